The van der Waals surface area contributed by atoms with E-state index in [1.54, 1.807) is 30.7 Å². The molecule has 2 heterocycles. The molecule has 0 spiro atoms. The van der Waals surface area contributed by atoms with Crippen LogP contribution >= 0.6 is 0 Å². The van der Waals surface area contributed by atoms with Crippen LogP contribution in [0.15, 0.2) is 55.1 Å². The molecule has 0 aliphatic carbocycles. The highest BCUT2D eigenvalue weighted by Gasteiger charge is 1.94. The second kappa shape index (κ2) is 6.26. The summed E-state index contributed by atoms with van der Waals surface area (Å²) in [6, 6.07) is 9.00. The van der Waals surface area contributed by atoms with E-state index in [1.807, 2.05) is 18.2 Å². The van der Waals surface area contributed by atoms with Gasteiger partial charge in [0.15, 0.2) is 0 Å². The summed E-state index contributed by atoms with van der Waals surface area (Å²) in [6.45, 7) is 0. The van der Waals surface area contributed by atoms with Gasteiger partial charge >= 0.3 is 0 Å². The lowest BCUT2D eigenvalue weighted by Gasteiger charge is -1.88. The number of aromatic nitrogens is 2. The SMILES string of the molecule is NC(=O)c1cccnc1.c1ccncc1. The van der Waals surface area contributed by atoms with Crippen LogP contribution in [0.5, 0.6) is 0 Å². The number of nitrogens with two attached hydrogens (primary N) is 1. The second-order valence-electron chi connectivity index (χ2n) is 2.63. The second-order valence-corrected chi connectivity index (χ2v) is 2.63. The molecule has 0 aromatic carbocycles. The monoisotopic (exact) mass is 201 g/mol. The minimum absolute atomic E-state index is 0.442. The largest absolute Gasteiger partial charge is 0.366 e. The molecule has 4 heteroatoms. The molecule has 2 rings (SSSR count). The van der Waals surface area contributed by atoms with E-state index in [9.17, 15) is 4.79 Å². The van der Waals surface area contributed by atoms with Gasteiger partial charge in [0.1, 0.15) is 0 Å². The summed E-state index contributed by atoms with van der Waals surface area (Å²) >= 11 is 0. The molecule has 2 N–H and O–H groups in total. The number of rotatable bonds is 1. The Morgan fingerprint density at radius 1 is 1.00 bits per heavy atom. The summed E-state index contributed by atoms with van der Waals surface area (Å²) in [5.74, 6) is -0.442. The van der Waals surface area contributed by atoms with Gasteiger partial charge in [-0.15, -0.1) is 0 Å². The number of pyridine rings is 2. The molecule has 0 radical (unpaired) electrons. The number of amides is 1. The number of hydrogen-bond donors (Lipinski definition) is 1. The summed E-state index contributed by atoms with van der Waals surface area (Å²) in [5, 5.41) is 0. The standard InChI is InChI=1S/C6H6N2O.C5H5N/c7-6(9)5-2-1-3-8-4-5;1-2-4-6-5-3-1/h1-4H,(H2,7,9);1-5H. The van der Waals surface area contributed by atoms with Crippen LogP contribution in [-0.4, -0.2) is 15.9 Å². The lowest BCUT2D eigenvalue weighted by Crippen LogP contribution is -2.10. The maximum atomic E-state index is 10.4. The lowest BCUT2D eigenvalue weighted by atomic mass is 10.3. The van der Waals surface area contributed by atoms with Gasteiger partial charge in [0.2, 0.25) is 5.91 Å². The van der Waals surface area contributed by atoms with E-state index in [0.717, 1.165) is 0 Å². The van der Waals surface area contributed by atoms with E-state index < -0.39 is 5.91 Å². The Balaban J connectivity index is 0.000000162. The smallest absolute Gasteiger partial charge is 0.250 e. The molecule has 1 amide bonds. The van der Waals surface area contributed by atoms with Crippen molar-refractivity contribution in [1.29, 1.82) is 0 Å². The zero-order valence-electron chi connectivity index (χ0n) is 8.08. The normalized spacial score (nSPS) is 8.53. The Morgan fingerprint density at radius 2 is 1.67 bits per heavy atom. The topological polar surface area (TPSA) is 68.9 Å². The van der Waals surface area contributed by atoms with Gasteiger partial charge in [-0.05, 0) is 24.3 Å². The van der Waals surface area contributed by atoms with E-state index in [4.69, 9.17) is 5.73 Å². The molecule has 0 saturated heterocycles. The molecule has 0 fully saturated rings. The predicted octanol–water partition coefficient (Wildman–Crippen LogP) is 1.26. The van der Waals surface area contributed by atoms with Gasteiger partial charge in [0.25, 0.3) is 0 Å². The minimum Gasteiger partial charge on any atom is -0.366 e. The highest BCUT2D eigenvalue weighted by atomic mass is 16.1. The van der Waals surface area contributed by atoms with E-state index in [2.05, 4.69) is 9.97 Å². The Labute approximate surface area is 87.8 Å². The van der Waals surface area contributed by atoms with Crippen LogP contribution in [0.1, 0.15) is 10.4 Å². The molecule has 0 bridgehead atoms. The quantitative estimate of drug-likeness (QED) is 0.755. The van der Waals surface area contributed by atoms with Crippen molar-refractivity contribution >= 4 is 5.91 Å². The van der Waals surface area contributed by atoms with E-state index in [-0.39, 0.29) is 0 Å². The number of nitrogens with zero attached hydrogens (tertiary/aromatic N) is 2. The molecular formula is C11H11N3O. The van der Waals surface area contributed by atoms with Gasteiger partial charge in [-0.1, -0.05) is 6.07 Å². The van der Waals surface area contributed by atoms with Crippen molar-refractivity contribution in [2.45, 2.75) is 0 Å². The molecule has 2 aromatic rings. The zero-order valence-corrected chi connectivity index (χ0v) is 8.08. The Kier molecular flexibility index (Phi) is 4.53. The van der Waals surface area contributed by atoms with Gasteiger partial charge in [-0.2, -0.15) is 0 Å². The van der Waals surface area contributed by atoms with Gasteiger partial charge in [0.05, 0.1) is 5.56 Å². The summed E-state index contributed by atoms with van der Waals surface area (Å²) in [4.78, 5) is 17.9. The third-order valence-electron chi connectivity index (χ3n) is 1.51. The first kappa shape index (κ1) is 10.8. The fourth-order valence-corrected chi connectivity index (χ4v) is 0.821. The van der Waals surface area contributed by atoms with Gasteiger partial charge < -0.3 is 5.73 Å². The molecule has 0 atom stereocenters. The van der Waals surface area contributed by atoms with Crippen molar-refractivity contribution in [1.82, 2.24) is 9.97 Å². The zero-order chi connectivity index (χ0) is 10.9. The third-order valence-corrected chi connectivity index (χ3v) is 1.51. The first-order valence-corrected chi connectivity index (χ1v) is 4.35. The van der Waals surface area contributed by atoms with Crippen LogP contribution in [0, 0.1) is 0 Å². The van der Waals surface area contributed by atoms with E-state index in [1.165, 1.54) is 6.20 Å². The van der Waals surface area contributed by atoms with Crippen molar-refractivity contribution in [2.24, 2.45) is 5.73 Å². The average Bonchev–Trinajstić information content (AvgIpc) is 2.33. The number of hydrogen-bond acceptors (Lipinski definition) is 3. The molecular weight excluding hydrogens is 190 g/mol. The maximum absolute atomic E-state index is 10.4. The summed E-state index contributed by atoms with van der Waals surface area (Å²) in [6.07, 6.45) is 6.52. The number of carbonyl (C=O) groups is 1. The summed E-state index contributed by atoms with van der Waals surface area (Å²) in [5.41, 5.74) is 5.38. The van der Waals surface area contributed by atoms with Crippen LogP contribution in [0.3, 0.4) is 0 Å². The van der Waals surface area contributed by atoms with Crippen LogP contribution in [0.2, 0.25) is 0 Å². The molecule has 4 nitrogen and oxygen atoms in total. The molecule has 2 aromatic heterocycles. The molecule has 0 saturated carbocycles. The van der Waals surface area contributed by atoms with E-state index in [0.29, 0.717) is 5.56 Å². The fourth-order valence-electron chi connectivity index (χ4n) is 0.821. The summed E-state index contributed by atoms with van der Waals surface area (Å²) in [7, 11) is 0. The molecule has 0 aliphatic heterocycles. The fraction of sp³-hybridized carbons (Fsp3) is 0. The molecule has 76 valence electrons. The highest BCUT2D eigenvalue weighted by molar-refractivity contribution is 5.92. The van der Waals surface area contributed by atoms with Crippen molar-refractivity contribution in [3.05, 3.63) is 60.7 Å². The van der Waals surface area contributed by atoms with Crippen molar-refractivity contribution in [3.8, 4) is 0 Å². The van der Waals surface area contributed by atoms with Crippen molar-refractivity contribution < 1.29 is 4.79 Å². The molecule has 0 unspecified atom stereocenters. The first-order valence-electron chi connectivity index (χ1n) is 4.35. The van der Waals surface area contributed by atoms with Crippen molar-refractivity contribution in [2.75, 3.05) is 0 Å². The van der Waals surface area contributed by atoms with E-state index >= 15 is 0 Å². The average molecular weight is 201 g/mol. The summed E-state index contributed by atoms with van der Waals surface area (Å²) < 4.78 is 0. The highest BCUT2D eigenvalue weighted by Crippen LogP contribution is 1.91. The Hall–Kier alpha value is -2.23. The van der Waals surface area contributed by atoms with Gasteiger partial charge in [0, 0.05) is 24.8 Å². The van der Waals surface area contributed by atoms with Crippen LogP contribution in [0.25, 0.3) is 0 Å². The number of carbonyl (C=O) groups excluding carboxylic acids is 1. The lowest BCUT2D eigenvalue weighted by molar-refractivity contribution is 0.1000. The minimum atomic E-state index is -0.442. The van der Waals surface area contributed by atoms with Crippen LogP contribution in [-0.2, 0) is 0 Å². The maximum Gasteiger partial charge on any atom is 0.250 e. The first-order chi connectivity index (χ1) is 7.30. The van der Waals surface area contributed by atoms with Crippen LogP contribution in [0.4, 0.5) is 0 Å². The number of primary amides is 1. The van der Waals surface area contributed by atoms with Gasteiger partial charge in [-0.3, -0.25) is 14.8 Å². The van der Waals surface area contributed by atoms with Gasteiger partial charge in [-0.25, -0.2) is 0 Å². The Morgan fingerprint density at radius 3 is 1.93 bits per heavy atom. The molecule has 0 aliphatic rings. The Bertz CT molecular complexity index is 362. The molecule has 15 heavy (non-hydrogen) atoms. The third kappa shape index (κ3) is 4.52. The predicted molar refractivity (Wildman–Crippen MR) is 57.0 cm³/mol. The van der Waals surface area contributed by atoms with Crippen molar-refractivity contribution in [3.63, 3.8) is 0 Å². The van der Waals surface area contributed by atoms with Crippen LogP contribution < -0.4 is 5.73 Å².